The van der Waals surface area contributed by atoms with Crippen LogP contribution in [0.3, 0.4) is 0 Å². The van der Waals surface area contributed by atoms with Gasteiger partial charge in [-0.15, -0.1) is 0 Å². The van der Waals surface area contributed by atoms with Crippen molar-refractivity contribution in [1.29, 1.82) is 0 Å². The number of rotatable bonds is 8. The highest BCUT2D eigenvalue weighted by Gasteiger charge is 2.49. The number of benzene rings is 8. The van der Waals surface area contributed by atoms with Gasteiger partial charge in [0.15, 0.2) is 16.1 Å². The first-order valence-electron chi connectivity index (χ1n) is 21.8. The molecule has 64 heavy (non-hydrogen) atoms. The highest BCUT2D eigenvalue weighted by Crippen LogP contribution is 2.40. The largest absolute Gasteiger partial charge is 0.294 e. The van der Waals surface area contributed by atoms with Gasteiger partial charge in [-0.1, -0.05) is 200 Å². The van der Waals surface area contributed by atoms with E-state index in [1.165, 1.54) is 62.1 Å². The van der Waals surface area contributed by atoms with Crippen LogP contribution in [0.25, 0.3) is 38.9 Å². The summed E-state index contributed by atoms with van der Waals surface area (Å²) >= 11 is 1.91. The predicted molar refractivity (Wildman–Crippen MR) is 273 cm³/mol. The van der Waals surface area contributed by atoms with E-state index in [2.05, 4.69) is 229 Å². The summed E-state index contributed by atoms with van der Waals surface area (Å²) in [4.78, 5) is 12.6. The van der Waals surface area contributed by atoms with Crippen molar-refractivity contribution in [3.63, 3.8) is 0 Å². The Morgan fingerprint density at radius 1 is 0.422 bits per heavy atom. The van der Waals surface area contributed by atoms with E-state index in [0.29, 0.717) is 0 Å². The fourth-order valence-corrected chi connectivity index (χ4v) is 22.6. The van der Waals surface area contributed by atoms with Gasteiger partial charge in [0.1, 0.15) is 5.82 Å². The minimum atomic E-state index is -3.02. The van der Waals surface area contributed by atoms with Crippen LogP contribution >= 0.6 is 11.8 Å². The molecule has 3 nitrogen and oxygen atoms in total. The minimum absolute atomic E-state index is 0.902. The van der Waals surface area contributed by atoms with E-state index in [-0.39, 0.29) is 0 Å². The average Bonchev–Trinajstić information content (AvgIpc) is 3.71. The highest BCUT2D eigenvalue weighted by atomic mass is 32.2. The van der Waals surface area contributed by atoms with Crippen LogP contribution in [0, 0.1) is 0 Å². The van der Waals surface area contributed by atoms with E-state index in [0.717, 1.165) is 28.1 Å². The molecule has 0 saturated carbocycles. The summed E-state index contributed by atoms with van der Waals surface area (Å²) in [5.74, 6) is 0.902. The molecule has 0 amide bonds. The Morgan fingerprint density at radius 3 is 1.67 bits per heavy atom. The molecule has 12 rings (SSSR count). The van der Waals surface area contributed by atoms with Gasteiger partial charge in [0.2, 0.25) is 0 Å². The number of nitrogens with zero attached hydrogens (tertiary/aromatic N) is 3. The first kappa shape index (κ1) is 38.3. The molecule has 0 spiro atoms. The lowest BCUT2D eigenvalue weighted by Gasteiger charge is -2.40. The third kappa shape index (κ3) is 5.87. The van der Waals surface area contributed by atoms with Crippen molar-refractivity contribution in [2.24, 2.45) is 0 Å². The second-order valence-electron chi connectivity index (χ2n) is 16.4. The molecule has 302 valence electrons. The molecule has 1 aliphatic heterocycles. The Bertz CT molecular complexity index is 3380. The monoisotopic (exact) mass is 867 g/mol. The molecule has 0 saturated heterocycles. The Balaban J connectivity index is 1.24. The van der Waals surface area contributed by atoms with Crippen molar-refractivity contribution in [3.05, 3.63) is 249 Å². The number of hydrogen-bond donors (Lipinski definition) is 0. The molecule has 0 fully saturated rings. The van der Waals surface area contributed by atoms with Crippen LogP contribution in [0.5, 0.6) is 0 Å². The molecule has 6 heteroatoms. The SMILES string of the molecule is c1ccc([Si](c2ccccc2)(c2cccc(-c3ccccn3)c2)c2ccc3c4c5c(ccc4n(-c4ccccn4)c3c2)Sc2ccccc2[Si]5(c2ccccc2)c2ccccc2)cc1. The van der Waals surface area contributed by atoms with Gasteiger partial charge in [-0.05, 0) is 90.0 Å². The Kier molecular flexibility index (Phi) is 9.44. The quantitative estimate of drug-likeness (QED) is 0.114. The molecule has 0 unspecified atom stereocenters. The Morgan fingerprint density at radius 2 is 1.02 bits per heavy atom. The molecule has 0 N–H and O–H groups in total. The second-order valence-corrected chi connectivity index (χ2v) is 25.0. The second kappa shape index (κ2) is 15.8. The minimum Gasteiger partial charge on any atom is -0.294 e. The van der Waals surface area contributed by atoms with Gasteiger partial charge >= 0.3 is 0 Å². The molecule has 0 aliphatic carbocycles. The lowest BCUT2D eigenvalue weighted by Crippen LogP contribution is -2.76. The third-order valence-electron chi connectivity index (χ3n) is 13.2. The molecule has 3 aromatic heterocycles. The number of pyridine rings is 2. The van der Waals surface area contributed by atoms with Crippen LogP contribution in [0.4, 0.5) is 0 Å². The molecule has 1 aliphatic rings. The van der Waals surface area contributed by atoms with E-state index >= 15 is 0 Å². The van der Waals surface area contributed by atoms with E-state index in [1.54, 1.807) is 0 Å². The molecule has 11 aromatic rings. The Labute approximate surface area is 379 Å². The van der Waals surface area contributed by atoms with Crippen molar-refractivity contribution in [1.82, 2.24) is 14.5 Å². The highest BCUT2D eigenvalue weighted by molar-refractivity contribution is 8.00. The van der Waals surface area contributed by atoms with E-state index in [1.807, 2.05) is 36.3 Å². The number of fused-ring (bicyclic) bond motifs is 6. The van der Waals surface area contributed by atoms with E-state index in [4.69, 9.17) is 9.97 Å². The summed E-state index contributed by atoms with van der Waals surface area (Å²) in [6.45, 7) is 0. The van der Waals surface area contributed by atoms with Crippen molar-refractivity contribution >= 4 is 91.2 Å². The van der Waals surface area contributed by atoms with Crippen molar-refractivity contribution in [2.75, 3.05) is 0 Å². The van der Waals surface area contributed by atoms with Gasteiger partial charge in [-0.3, -0.25) is 9.55 Å². The standard InChI is InChI=1S/C58H41N3SSi2/c1-5-21-43(22-6-1)63(44-23-7-2-8-24-44,47-29-19-20-42(40-47)50-30-15-17-38-59-50)48-34-35-49-52(41-48)61(56-33-16-18-39-60-56)51-36-37-54-58(57(49)51)64(45-25-9-3-10-26-45,46-27-11-4-12-28-46)55-32-14-13-31-53(55)62-54/h1-41H. The van der Waals surface area contributed by atoms with Gasteiger partial charge in [0.05, 0.1) is 16.7 Å². The number of hydrogen-bond acceptors (Lipinski definition) is 3. The maximum Gasteiger partial charge on any atom is 0.182 e. The fourth-order valence-electron chi connectivity index (χ4n) is 10.6. The molecular weight excluding hydrogens is 827 g/mol. The molecule has 8 aromatic carbocycles. The first-order chi connectivity index (χ1) is 31.8. The van der Waals surface area contributed by atoms with Crippen LogP contribution in [-0.2, 0) is 0 Å². The van der Waals surface area contributed by atoms with Crippen molar-refractivity contribution in [3.8, 4) is 17.1 Å². The van der Waals surface area contributed by atoms with E-state index in [9.17, 15) is 0 Å². The van der Waals surface area contributed by atoms with Crippen LogP contribution in [-0.4, -0.2) is 30.7 Å². The maximum atomic E-state index is 5.11. The van der Waals surface area contributed by atoms with Gasteiger partial charge < -0.3 is 0 Å². The lowest BCUT2D eigenvalue weighted by molar-refractivity contribution is 1.08. The summed E-state index contributed by atoms with van der Waals surface area (Å²) in [6, 6.07) is 88.1. The molecule has 0 radical (unpaired) electrons. The summed E-state index contributed by atoms with van der Waals surface area (Å²) in [5.41, 5.74) is 4.39. The summed E-state index contributed by atoms with van der Waals surface area (Å²) in [7, 11) is -5.96. The smallest absolute Gasteiger partial charge is 0.182 e. The average molecular weight is 868 g/mol. The molecule has 4 heterocycles. The fraction of sp³-hybridized carbons (Fsp3) is 0. The van der Waals surface area contributed by atoms with Crippen LogP contribution in [0.15, 0.2) is 259 Å². The third-order valence-corrected chi connectivity index (χ3v) is 24.3. The normalized spacial score (nSPS) is 13.1. The number of aromatic nitrogens is 3. The van der Waals surface area contributed by atoms with Gasteiger partial charge in [-0.25, -0.2) is 4.98 Å². The zero-order valence-corrected chi connectivity index (χ0v) is 37.7. The molecular formula is C58H41N3SSi2. The van der Waals surface area contributed by atoms with E-state index < -0.39 is 16.1 Å². The summed E-state index contributed by atoms with van der Waals surface area (Å²) in [6.07, 6.45) is 3.80. The van der Waals surface area contributed by atoms with Crippen LogP contribution in [0.2, 0.25) is 0 Å². The lowest BCUT2D eigenvalue weighted by atomic mass is 10.1. The first-order valence-corrected chi connectivity index (χ1v) is 26.6. The molecule has 0 atom stereocenters. The predicted octanol–water partition coefficient (Wildman–Crippen LogP) is 8.46. The van der Waals surface area contributed by atoms with Gasteiger partial charge in [0, 0.05) is 38.5 Å². The topological polar surface area (TPSA) is 30.7 Å². The summed E-state index contributed by atoms with van der Waals surface area (Å²) < 4.78 is 2.44. The molecule has 0 bridgehead atoms. The van der Waals surface area contributed by atoms with Crippen molar-refractivity contribution in [2.45, 2.75) is 9.79 Å². The van der Waals surface area contributed by atoms with Crippen LogP contribution in [0.1, 0.15) is 0 Å². The van der Waals surface area contributed by atoms with Crippen LogP contribution < -0.4 is 41.5 Å². The zero-order valence-electron chi connectivity index (χ0n) is 34.9. The summed E-state index contributed by atoms with van der Waals surface area (Å²) in [5, 5.41) is 13.4. The maximum absolute atomic E-state index is 5.11. The zero-order chi connectivity index (χ0) is 42.5. The van der Waals surface area contributed by atoms with Gasteiger partial charge in [-0.2, -0.15) is 0 Å². The van der Waals surface area contributed by atoms with Crippen molar-refractivity contribution < 1.29 is 0 Å². The van der Waals surface area contributed by atoms with Gasteiger partial charge in [0.25, 0.3) is 0 Å². The Hall–Kier alpha value is -7.36.